The van der Waals surface area contributed by atoms with Gasteiger partial charge in [-0.25, -0.2) is 4.79 Å². The molecule has 0 rings (SSSR count). The number of aliphatic carboxylic acids is 1. The normalized spacial score (nSPS) is 13.3. The number of carbonyl (C=O) groups is 4. The summed E-state index contributed by atoms with van der Waals surface area (Å²) in [7, 11) is 0. The molecule has 0 aliphatic carbocycles. The molecule has 0 heterocycles. The van der Waals surface area contributed by atoms with Gasteiger partial charge in [0.05, 0.1) is 19.6 Å². The van der Waals surface area contributed by atoms with Crippen LogP contribution in [0.3, 0.4) is 0 Å². The molecule has 0 saturated carbocycles. The van der Waals surface area contributed by atoms with Gasteiger partial charge in [-0.3, -0.25) is 14.4 Å². The minimum Gasteiger partial charge on any atom is -0.480 e. The molecular weight excluding hydrogens is 729 g/mol. The zero-order chi connectivity index (χ0) is 42.6. The number of nitrogens with one attached hydrogen (secondary N) is 2. The highest BCUT2D eigenvalue weighted by Crippen LogP contribution is 2.17. The van der Waals surface area contributed by atoms with E-state index in [1.165, 1.54) is 38.5 Å². The monoisotopic (exact) mass is 809 g/mol. The zero-order valence-electron chi connectivity index (χ0n) is 36.3. The lowest BCUT2D eigenvalue weighted by molar-refractivity contribution is -0.148. The van der Waals surface area contributed by atoms with Crippen molar-refractivity contribution in [3.05, 3.63) is 85.1 Å². The van der Waals surface area contributed by atoms with Gasteiger partial charge in [-0.2, -0.15) is 0 Å². The molecule has 0 bridgehead atoms. The molecule has 0 aliphatic heterocycles. The average molecular weight is 809 g/mol. The van der Waals surface area contributed by atoms with Gasteiger partial charge in [-0.05, 0) is 96.3 Å². The van der Waals surface area contributed by atoms with Crippen LogP contribution in [-0.2, 0) is 23.9 Å². The number of aliphatic hydroxyl groups is 1. The van der Waals surface area contributed by atoms with Crippen molar-refractivity contribution in [2.24, 2.45) is 0 Å². The van der Waals surface area contributed by atoms with E-state index in [4.69, 9.17) is 14.9 Å². The third-order valence-corrected chi connectivity index (χ3v) is 9.41. The highest BCUT2D eigenvalue weighted by atomic mass is 16.5. The summed E-state index contributed by atoms with van der Waals surface area (Å²) < 4.78 is 5.96. The zero-order valence-corrected chi connectivity index (χ0v) is 36.3. The Labute approximate surface area is 352 Å². The predicted octanol–water partition coefficient (Wildman–Crippen LogP) is 11.3. The lowest BCUT2D eigenvalue weighted by Gasteiger charge is -2.18. The highest BCUT2D eigenvalue weighted by Gasteiger charge is 2.19. The van der Waals surface area contributed by atoms with Crippen LogP contribution >= 0.6 is 0 Å². The molecule has 2 unspecified atom stereocenters. The molecule has 0 aromatic heterocycles. The van der Waals surface area contributed by atoms with Crippen molar-refractivity contribution in [2.45, 2.75) is 187 Å². The Balaban J connectivity index is 4.55. The minimum absolute atomic E-state index is 0.0960. The molecule has 4 N–H and O–H groups in total. The van der Waals surface area contributed by atoms with E-state index in [-0.39, 0.29) is 37.4 Å². The van der Waals surface area contributed by atoms with Crippen molar-refractivity contribution in [2.75, 3.05) is 13.2 Å². The molecule has 9 heteroatoms. The number of carboxylic acid groups (broad SMARTS) is 1. The number of aliphatic hydroxyl groups excluding tert-OH is 1. The van der Waals surface area contributed by atoms with Crippen LogP contribution in [0.1, 0.15) is 174 Å². The van der Waals surface area contributed by atoms with Gasteiger partial charge in [-0.15, -0.1) is 0 Å². The van der Waals surface area contributed by atoms with Gasteiger partial charge in [0.25, 0.3) is 0 Å². The van der Waals surface area contributed by atoms with Crippen LogP contribution in [0.15, 0.2) is 85.1 Å². The second-order valence-electron chi connectivity index (χ2n) is 14.8. The number of rotatable bonds is 39. The van der Waals surface area contributed by atoms with Crippen LogP contribution in [0.2, 0.25) is 0 Å². The SMILES string of the molecule is CC/C=C\C/C=C\C/C=C\C/C=C\C/C=C\CC(=O)OC(CCCCC/C=C\C/C=C\CCCCCCC)CCCCCCCC(=O)NCC(=O)NC(CO)C(=O)O. The first-order chi connectivity index (χ1) is 28.3. The maximum Gasteiger partial charge on any atom is 0.328 e. The summed E-state index contributed by atoms with van der Waals surface area (Å²) in [6.07, 6.45) is 54.8. The van der Waals surface area contributed by atoms with Crippen molar-refractivity contribution in [1.29, 1.82) is 0 Å². The first-order valence-electron chi connectivity index (χ1n) is 22.5. The van der Waals surface area contributed by atoms with Gasteiger partial charge >= 0.3 is 11.9 Å². The summed E-state index contributed by atoms with van der Waals surface area (Å²) in [6, 6.07) is -1.39. The second-order valence-corrected chi connectivity index (χ2v) is 14.8. The number of hydrogen-bond acceptors (Lipinski definition) is 6. The quantitative estimate of drug-likeness (QED) is 0.0275. The number of carboxylic acids is 1. The molecule has 2 amide bonds. The summed E-state index contributed by atoms with van der Waals surface area (Å²) in [6.45, 7) is 3.33. The Hall–Kier alpha value is -3.98. The van der Waals surface area contributed by atoms with Crippen molar-refractivity contribution in [1.82, 2.24) is 10.6 Å². The number of esters is 1. The maximum atomic E-state index is 12.8. The number of unbranched alkanes of at least 4 members (excludes halogenated alkanes) is 12. The summed E-state index contributed by atoms with van der Waals surface area (Å²) in [5.41, 5.74) is 0. The Morgan fingerprint density at radius 1 is 0.552 bits per heavy atom. The number of ether oxygens (including phenoxy) is 1. The Morgan fingerprint density at radius 3 is 1.55 bits per heavy atom. The fourth-order valence-corrected chi connectivity index (χ4v) is 6.00. The van der Waals surface area contributed by atoms with Crippen LogP contribution in [-0.4, -0.2) is 59.3 Å². The van der Waals surface area contributed by atoms with E-state index in [1.807, 2.05) is 12.2 Å². The second kappa shape index (κ2) is 42.6. The van der Waals surface area contributed by atoms with Gasteiger partial charge < -0.3 is 25.6 Å². The van der Waals surface area contributed by atoms with Crippen LogP contribution in [0, 0.1) is 0 Å². The molecule has 0 saturated heterocycles. The molecular formula is C49H80N2O7. The van der Waals surface area contributed by atoms with Crippen molar-refractivity contribution >= 4 is 23.8 Å². The molecule has 9 nitrogen and oxygen atoms in total. The van der Waals surface area contributed by atoms with E-state index >= 15 is 0 Å². The Bertz CT molecular complexity index is 1250. The fourth-order valence-electron chi connectivity index (χ4n) is 6.00. The van der Waals surface area contributed by atoms with Crippen LogP contribution in [0.5, 0.6) is 0 Å². The fraction of sp³-hybridized carbons (Fsp3) is 0.633. The first kappa shape index (κ1) is 54.0. The third kappa shape index (κ3) is 38.9. The number of carbonyl (C=O) groups excluding carboxylic acids is 3. The van der Waals surface area contributed by atoms with Crippen LogP contribution in [0.25, 0.3) is 0 Å². The van der Waals surface area contributed by atoms with E-state index < -0.39 is 24.5 Å². The van der Waals surface area contributed by atoms with Gasteiger partial charge in [0.15, 0.2) is 0 Å². The molecule has 0 radical (unpaired) electrons. The van der Waals surface area contributed by atoms with Gasteiger partial charge in [0, 0.05) is 6.42 Å². The van der Waals surface area contributed by atoms with Gasteiger partial charge in [-0.1, -0.05) is 150 Å². The standard InChI is InChI=1S/C49H80N2O7/c1-3-5-7-9-11-13-15-17-19-21-23-25-27-30-34-38-44(39-35-31-29-32-36-40-46(53)50-42-47(54)51-45(43-52)49(56)57)58-48(55)41-37-33-28-26-24-22-20-18-16-14-12-10-8-6-4-2/h6,8,12,14-15,17-18,20-21,23-24,26,33,37,44-45,52H,3-5,7,9-11,13,16,19,22,25,27-32,34-36,38-43H2,1-2H3,(H,50,53)(H,51,54)(H,56,57)/b8-6-,14-12-,17-15-,20-18-,23-21-,26-24-,37-33-. The van der Waals surface area contributed by atoms with Gasteiger partial charge in [0.2, 0.25) is 11.8 Å². The topological polar surface area (TPSA) is 142 Å². The van der Waals surface area contributed by atoms with Crippen LogP contribution < -0.4 is 10.6 Å². The molecule has 0 aromatic rings. The molecule has 2 atom stereocenters. The largest absolute Gasteiger partial charge is 0.480 e. The van der Waals surface area contributed by atoms with Crippen molar-refractivity contribution < 1.29 is 34.1 Å². The van der Waals surface area contributed by atoms with E-state index in [0.717, 1.165) is 103 Å². The third-order valence-electron chi connectivity index (χ3n) is 9.41. The lowest BCUT2D eigenvalue weighted by Crippen LogP contribution is -2.47. The van der Waals surface area contributed by atoms with E-state index in [0.29, 0.717) is 6.42 Å². The number of hydrogen-bond donors (Lipinski definition) is 4. The summed E-state index contributed by atoms with van der Waals surface area (Å²) in [5.74, 6) is -2.46. The molecule has 328 valence electrons. The molecule has 58 heavy (non-hydrogen) atoms. The van der Waals surface area contributed by atoms with E-state index in [2.05, 4.69) is 97.4 Å². The van der Waals surface area contributed by atoms with Crippen LogP contribution in [0.4, 0.5) is 0 Å². The molecule has 0 aliphatic rings. The predicted molar refractivity (Wildman–Crippen MR) is 240 cm³/mol. The summed E-state index contributed by atoms with van der Waals surface area (Å²) >= 11 is 0. The molecule has 0 aromatic carbocycles. The van der Waals surface area contributed by atoms with Gasteiger partial charge in [0.1, 0.15) is 12.1 Å². The minimum atomic E-state index is -1.39. The Morgan fingerprint density at radius 2 is 1.02 bits per heavy atom. The number of allylic oxidation sites excluding steroid dienone is 13. The molecule has 0 fully saturated rings. The first-order valence-corrected chi connectivity index (χ1v) is 22.5. The highest BCUT2D eigenvalue weighted by molar-refractivity contribution is 5.87. The Kier molecular flexibility index (Phi) is 39.7. The molecule has 0 spiro atoms. The lowest BCUT2D eigenvalue weighted by atomic mass is 10.0. The van der Waals surface area contributed by atoms with E-state index in [1.54, 1.807) is 0 Å². The number of amides is 2. The smallest absolute Gasteiger partial charge is 0.328 e. The van der Waals surface area contributed by atoms with E-state index in [9.17, 15) is 19.2 Å². The maximum absolute atomic E-state index is 12.8. The van der Waals surface area contributed by atoms with Crippen molar-refractivity contribution in [3.8, 4) is 0 Å². The summed E-state index contributed by atoms with van der Waals surface area (Å²) in [5, 5.41) is 22.6. The van der Waals surface area contributed by atoms with Crippen molar-refractivity contribution in [3.63, 3.8) is 0 Å². The average Bonchev–Trinajstić information content (AvgIpc) is 3.21. The summed E-state index contributed by atoms with van der Waals surface area (Å²) in [4.78, 5) is 47.6.